The summed E-state index contributed by atoms with van der Waals surface area (Å²) in [6, 6.07) is 3.42. The minimum Gasteiger partial charge on any atom is -0.595 e. The molecule has 0 N–H and O–H groups in total. The number of pyridine rings is 1. The molecule has 1 rings (SSSR count). The van der Waals surface area contributed by atoms with E-state index in [9.17, 15) is 5.11 Å². The van der Waals surface area contributed by atoms with Crippen LogP contribution in [0, 0.1) is 0 Å². The molecule has 1 aromatic rings. The van der Waals surface area contributed by atoms with Crippen LogP contribution < -0.4 is 5.11 Å². The summed E-state index contributed by atoms with van der Waals surface area (Å²) in [5.74, 6) is 0. The van der Waals surface area contributed by atoms with Crippen molar-refractivity contribution in [1.82, 2.24) is 4.98 Å². The maximum absolute atomic E-state index is 11.3. The molecule has 16 heavy (non-hydrogen) atoms. The fourth-order valence-corrected chi connectivity index (χ4v) is 1.06. The molecule has 0 bridgehead atoms. The van der Waals surface area contributed by atoms with E-state index in [1.807, 2.05) is 0 Å². The van der Waals surface area contributed by atoms with Crippen molar-refractivity contribution in [2.45, 2.75) is 32.9 Å². The highest BCUT2D eigenvalue weighted by molar-refractivity contribution is 6.29. The number of aromatic nitrogens is 1. The van der Waals surface area contributed by atoms with E-state index in [0.29, 0.717) is 5.15 Å². The molecule has 1 aromatic heterocycles. The second-order valence-electron chi connectivity index (χ2n) is 4.29. The van der Waals surface area contributed by atoms with E-state index in [1.54, 1.807) is 39.1 Å². The summed E-state index contributed by atoms with van der Waals surface area (Å²) in [4.78, 5) is 7.65. The van der Waals surface area contributed by atoms with Crippen LogP contribution in [0.1, 0.15) is 26.3 Å². The third-order valence-corrected chi connectivity index (χ3v) is 1.80. The first kappa shape index (κ1) is 12.8. The van der Waals surface area contributed by atoms with Gasteiger partial charge in [-0.25, -0.2) is 4.98 Å². The van der Waals surface area contributed by atoms with Crippen molar-refractivity contribution in [2.24, 2.45) is 4.99 Å². The maximum Gasteiger partial charge on any atom is 0.146 e. The number of halogens is 1. The van der Waals surface area contributed by atoms with E-state index < -0.39 is 11.7 Å². The molecule has 0 saturated heterocycles. The Morgan fingerprint density at radius 2 is 2.19 bits per heavy atom. The predicted molar refractivity (Wildman–Crippen MR) is 61.2 cm³/mol. The van der Waals surface area contributed by atoms with Crippen LogP contribution in [0.25, 0.3) is 0 Å². The molecular formula is C11H14ClN2O2-. The molecule has 1 heterocycles. The van der Waals surface area contributed by atoms with E-state index in [4.69, 9.17) is 16.3 Å². The first-order chi connectivity index (χ1) is 7.37. The minimum atomic E-state index is -0.567. The molecule has 4 nitrogen and oxygen atoms in total. The molecule has 5 heteroatoms. The molecule has 0 radical (unpaired) electrons. The van der Waals surface area contributed by atoms with Crippen molar-refractivity contribution in [1.29, 1.82) is 0 Å². The molecule has 0 fully saturated rings. The molecular weight excluding hydrogens is 228 g/mol. The summed E-state index contributed by atoms with van der Waals surface area (Å²) < 4.78 is 5.03. The Bertz CT molecular complexity index is 369. The topological polar surface area (TPSA) is 57.5 Å². The van der Waals surface area contributed by atoms with Gasteiger partial charge in [0.2, 0.25) is 0 Å². The summed E-state index contributed by atoms with van der Waals surface area (Å²) in [5.41, 5.74) is 0.300. The molecule has 0 spiro atoms. The van der Waals surface area contributed by atoms with Gasteiger partial charge in [0.1, 0.15) is 11.2 Å². The van der Waals surface area contributed by atoms with Gasteiger partial charge in [0.05, 0.1) is 6.54 Å². The number of aliphatic imine (C=N–C) groups is 1. The number of hydrogen-bond donors (Lipinski definition) is 0. The van der Waals surface area contributed by atoms with Gasteiger partial charge in [0, 0.05) is 11.8 Å². The number of rotatable bonds is 2. The third kappa shape index (κ3) is 4.98. The molecule has 0 unspecified atom stereocenters. The number of nitrogens with zero attached hydrogens (tertiary/aromatic N) is 2. The van der Waals surface area contributed by atoms with Crippen LogP contribution in [0.3, 0.4) is 0 Å². The second kappa shape index (κ2) is 5.16. The summed E-state index contributed by atoms with van der Waals surface area (Å²) in [6.45, 7) is 5.64. The zero-order valence-corrected chi connectivity index (χ0v) is 10.3. The van der Waals surface area contributed by atoms with E-state index in [-0.39, 0.29) is 6.54 Å². The largest absolute Gasteiger partial charge is 0.595 e. The van der Waals surface area contributed by atoms with Crippen LogP contribution in [0.15, 0.2) is 23.3 Å². The Morgan fingerprint density at radius 3 is 2.69 bits per heavy atom. The first-order valence-corrected chi connectivity index (χ1v) is 5.25. The lowest BCUT2D eigenvalue weighted by Gasteiger charge is -2.29. The van der Waals surface area contributed by atoms with Crippen LogP contribution in [-0.4, -0.2) is 16.7 Å². The van der Waals surface area contributed by atoms with Crippen LogP contribution >= 0.6 is 11.6 Å². The van der Waals surface area contributed by atoms with Crippen LogP contribution in [0.5, 0.6) is 0 Å². The highest BCUT2D eigenvalue weighted by atomic mass is 35.5. The molecule has 88 valence electrons. The molecule has 0 aromatic carbocycles. The van der Waals surface area contributed by atoms with Gasteiger partial charge >= 0.3 is 0 Å². The lowest BCUT2D eigenvalue weighted by molar-refractivity contribution is -0.260. The monoisotopic (exact) mass is 241 g/mol. The predicted octanol–water partition coefficient (Wildman–Crippen LogP) is 1.77. The lowest BCUT2D eigenvalue weighted by atomic mass is 10.2. The van der Waals surface area contributed by atoms with Gasteiger partial charge in [-0.2, -0.15) is 0 Å². The Morgan fingerprint density at radius 1 is 1.50 bits per heavy atom. The Hall–Kier alpha value is -1.29. The normalized spacial score (nSPS) is 12.6. The van der Waals surface area contributed by atoms with Crippen molar-refractivity contribution < 1.29 is 9.84 Å². The molecule has 0 aliphatic rings. The van der Waals surface area contributed by atoms with Gasteiger partial charge in [-0.1, -0.05) is 38.4 Å². The van der Waals surface area contributed by atoms with Crippen molar-refractivity contribution in [3.05, 3.63) is 29.0 Å². The lowest BCUT2D eigenvalue weighted by Crippen LogP contribution is -2.31. The minimum absolute atomic E-state index is 0.249. The Balaban J connectivity index is 2.56. The molecule has 0 aliphatic carbocycles. The fourth-order valence-electron chi connectivity index (χ4n) is 0.950. The van der Waals surface area contributed by atoms with Crippen molar-refractivity contribution in [3.8, 4) is 0 Å². The number of hydrogen-bond acceptors (Lipinski definition) is 4. The highest BCUT2D eigenvalue weighted by Gasteiger charge is 2.04. The fraction of sp³-hybridized carbons (Fsp3) is 0.455. The molecule has 0 aliphatic heterocycles. The third-order valence-electron chi connectivity index (χ3n) is 1.57. The van der Waals surface area contributed by atoms with E-state index in [2.05, 4.69) is 9.98 Å². The smallest absolute Gasteiger partial charge is 0.146 e. The number of ether oxygens (including phenoxy) is 1. The van der Waals surface area contributed by atoms with Crippen molar-refractivity contribution in [2.75, 3.05) is 0 Å². The van der Waals surface area contributed by atoms with Crippen molar-refractivity contribution >= 4 is 17.7 Å². The Kier molecular flexibility index (Phi) is 4.12. The average molecular weight is 242 g/mol. The van der Waals surface area contributed by atoms with Crippen molar-refractivity contribution in [3.63, 3.8) is 0 Å². The summed E-state index contributed by atoms with van der Waals surface area (Å²) in [7, 11) is 0. The van der Waals surface area contributed by atoms with Gasteiger partial charge in [-0.05, 0) is 11.6 Å². The SMILES string of the molecule is CC(C)(C)OC([O-])=NCc1ccc(Cl)nc1. The molecule has 0 amide bonds. The van der Waals surface area contributed by atoms with E-state index in [1.165, 1.54) is 0 Å². The van der Waals surface area contributed by atoms with Crippen LogP contribution in [0.4, 0.5) is 0 Å². The standard InChI is InChI=1S/C11H15ClN2O2/c1-11(2,3)16-10(15)14-7-8-4-5-9(12)13-6-8/h4-6H,7H2,1-3H3,(H,14,15)/p-1. The summed E-state index contributed by atoms with van der Waals surface area (Å²) >= 11 is 5.63. The maximum atomic E-state index is 11.3. The quantitative estimate of drug-likeness (QED) is 0.450. The molecule has 0 saturated carbocycles. The van der Waals surface area contributed by atoms with E-state index in [0.717, 1.165) is 5.56 Å². The van der Waals surface area contributed by atoms with Gasteiger partial charge < -0.3 is 9.84 Å². The average Bonchev–Trinajstić information content (AvgIpc) is 2.14. The summed E-state index contributed by atoms with van der Waals surface area (Å²) in [6.07, 6.45) is 1.01. The molecule has 0 atom stereocenters. The zero-order chi connectivity index (χ0) is 12.2. The van der Waals surface area contributed by atoms with Crippen LogP contribution in [0.2, 0.25) is 5.15 Å². The van der Waals surface area contributed by atoms with Gasteiger partial charge in [0.15, 0.2) is 0 Å². The van der Waals surface area contributed by atoms with Gasteiger partial charge in [-0.15, -0.1) is 0 Å². The second-order valence-corrected chi connectivity index (χ2v) is 4.67. The first-order valence-electron chi connectivity index (χ1n) is 4.88. The van der Waals surface area contributed by atoms with Gasteiger partial charge in [0.25, 0.3) is 0 Å². The highest BCUT2D eigenvalue weighted by Crippen LogP contribution is 2.08. The van der Waals surface area contributed by atoms with E-state index >= 15 is 0 Å². The van der Waals surface area contributed by atoms with Crippen LogP contribution in [-0.2, 0) is 11.3 Å². The van der Waals surface area contributed by atoms with Gasteiger partial charge in [-0.3, -0.25) is 4.99 Å². The zero-order valence-electron chi connectivity index (χ0n) is 9.53. The Labute approximate surface area is 99.9 Å². The summed E-state index contributed by atoms with van der Waals surface area (Å²) in [5, 5.41) is 11.7.